The van der Waals surface area contributed by atoms with Crippen molar-refractivity contribution in [2.45, 2.75) is 32.6 Å². The van der Waals surface area contributed by atoms with Crippen molar-refractivity contribution in [1.29, 1.82) is 0 Å². The Morgan fingerprint density at radius 2 is 1.41 bits per heavy atom. The van der Waals surface area contributed by atoms with Crippen LogP contribution in [0.3, 0.4) is 0 Å². The van der Waals surface area contributed by atoms with Crippen molar-refractivity contribution in [1.82, 2.24) is 0 Å². The molecule has 0 radical (unpaired) electrons. The predicted molar refractivity (Wildman–Crippen MR) is 107 cm³/mol. The number of benzene rings is 2. The van der Waals surface area contributed by atoms with E-state index in [1.165, 1.54) is 0 Å². The van der Waals surface area contributed by atoms with Crippen LogP contribution in [0.5, 0.6) is 5.75 Å². The van der Waals surface area contributed by atoms with Crippen molar-refractivity contribution in [3.05, 3.63) is 54.1 Å². The molecular formula is C22H26N2O3. The molecule has 2 aromatic rings. The summed E-state index contributed by atoms with van der Waals surface area (Å²) in [5.74, 6) is 0.758. The van der Waals surface area contributed by atoms with Gasteiger partial charge >= 0.3 is 0 Å². The molecule has 0 aromatic heterocycles. The van der Waals surface area contributed by atoms with E-state index in [9.17, 15) is 9.59 Å². The third-order valence-electron chi connectivity index (χ3n) is 5.23. The van der Waals surface area contributed by atoms with Gasteiger partial charge in [0.2, 0.25) is 11.8 Å². The fraction of sp³-hybridized carbons (Fsp3) is 0.364. The van der Waals surface area contributed by atoms with E-state index in [1.54, 1.807) is 7.11 Å². The summed E-state index contributed by atoms with van der Waals surface area (Å²) < 4.78 is 5.12. The molecule has 1 fully saturated rings. The number of hydrogen-bond donors (Lipinski definition) is 2. The molecule has 0 spiro atoms. The first-order valence-electron chi connectivity index (χ1n) is 9.38. The van der Waals surface area contributed by atoms with Crippen LogP contribution in [0.1, 0.15) is 31.2 Å². The lowest BCUT2D eigenvalue weighted by Gasteiger charge is -2.27. The summed E-state index contributed by atoms with van der Waals surface area (Å²) in [5.41, 5.74) is 2.68. The van der Waals surface area contributed by atoms with Crippen molar-refractivity contribution in [2.75, 3.05) is 17.7 Å². The Bertz CT molecular complexity index is 793. The van der Waals surface area contributed by atoms with Crippen LogP contribution < -0.4 is 15.4 Å². The number of para-hydroxylation sites is 1. The van der Waals surface area contributed by atoms with E-state index < -0.39 is 0 Å². The van der Waals surface area contributed by atoms with Gasteiger partial charge in [0.25, 0.3) is 0 Å². The fourth-order valence-electron chi connectivity index (χ4n) is 3.48. The molecule has 27 heavy (non-hydrogen) atoms. The van der Waals surface area contributed by atoms with Crippen LogP contribution in [0, 0.1) is 18.8 Å². The molecule has 1 aliphatic rings. The number of methoxy groups -OCH3 is 1. The number of ether oxygens (including phenoxy) is 1. The summed E-state index contributed by atoms with van der Waals surface area (Å²) in [6.07, 6.45) is 2.93. The van der Waals surface area contributed by atoms with Crippen LogP contribution >= 0.6 is 0 Å². The minimum atomic E-state index is -0.0467. The SMILES string of the molecule is COc1ccc(NC(=O)C2CCC(C(=O)Nc3ccccc3C)CC2)cc1. The molecule has 5 heteroatoms. The summed E-state index contributed by atoms with van der Waals surface area (Å²) in [4.78, 5) is 25.0. The van der Waals surface area contributed by atoms with E-state index >= 15 is 0 Å². The Morgan fingerprint density at radius 1 is 0.852 bits per heavy atom. The zero-order valence-electron chi connectivity index (χ0n) is 15.8. The van der Waals surface area contributed by atoms with E-state index in [0.29, 0.717) is 0 Å². The Hall–Kier alpha value is -2.82. The third kappa shape index (κ3) is 4.88. The second kappa shape index (κ2) is 8.71. The Balaban J connectivity index is 1.49. The van der Waals surface area contributed by atoms with Gasteiger partial charge in [-0.25, -0.2) is 0 Å². The number of nitrogens with one attached hydrogen (secondary N) is 2. The van der Waals surface area contributed by atoms with Gasteiger partial charge < -0.3 is 15.4 Å². The standard InChI is InChI=1S/C22H26N2O3/c1-15-5-3-4-6-20(15)24-22(26)17-9-7-16(8-10-17)21(25)23-18-11-13-19(27-2)14-12-18/h3-6,11-14,16-17H,7-10H2,1-2H3,(H,23,25)(H,24,26). The molecule has 142 valence electrons. The largest absolute Gasteiger partial charge is 0.497 e. The average molecular weight is 366 g/mol. The number of carbonyl (C=O) groups excluding carboxylic acids is 2. The smallest absolute Gasteiger partial charge is 0.227 e. The molecular weight excluding hydrogens is 340 g/mol. The molecule has 2 amide bonds. The highest BCUT2D eigenvalue weighted by molar-refractivity contribution is 5.94. The van der Waals surface area contributed by atoms with E-state index in [-0.39, 0.29) is 23.7 Å². The van der Waals surface area contributed by atoms with Crippen LogP contribution in [0.25, 0.3) is 0 Å². The van der Waals surface area contributed by atoms with Crippen molar-refractivity contribution < 1.29 is 14.3 Å². The second-order valence-corrected chi connectivity index (χ2v) is 7.07. The molecule has 2 aromatic carbocycles. The average Bonchev–Trinajstić information content (AvgIpc) is 2.70. The van der Waals surface area contributed by atoms with Gasteiger partial charge in [0, 0.05) is 23.2 Å². The molecule has 0 bridgehead atoms. The van der Waals surface area contributed by atoms with Gasteiger partial charge in [-0.1, -0.05) is 18.2 Å². The molecule has 1 aliphatic carbocycles. The van der Waals surface area contributed by atoms with Crippen molar-refractivity contribution in [2.24, 2.45) is 11.8 Å². The minimum absolute atomic E-state index is 0.0259. The summed E-state index contributed by atoms with van der Waals surface area (Å²) in [7, 11) is 1.61. The van der Waals surface area contributed by atoms with Crippen LogP contribution in [-0.4, -0.2) is 18.9 Å². The number of rotatable bonds is 5. The molecule has 0 heterocycles. The molecule has 2 N–H and O–H groups in total. The minimum Gasteiger partial charge on any atom is -0.497 e. The van der Waals surface area contributed by atoms with Gasteiger partial charge in [-0.2, -0.15) is 0 Å². The van der Waals surface area contributed by atoms with Gasteiger partial charge in [-0.15, -0.1) is 0 Å². The molecule has 3 rings (SSSR count). The van der Waals surface area contributed by atoms with E-state index in [0.717, 1.165) is 48.4 Å². The normalized spacial score (nSPS) is 19.2. The Morgan fingerprint density at radius 3 is 1.96 bits per heavy atom. The number of hydrogen-bond acceptors (Lipinski definition) is 3. The number of anilines is 2. The molecule has 0 unspecified atom stereocenters. The maximum Gasteiger partial charge on any atom is 0.227 e. The number of carbonyl (C=O) groups is 2. The summed E-state index contributed by atoms with van der Waals surface area (Å²) in [6.45, 7) is 1.98. The topological polar surface area (TPSA) is 67.4 Å². The van der Waals surface area contributed by atoms with Crippen molar-refractivity contribution >= 4 is 23.2 Å². The summed E-state index contributed by atoms with van der Waals surface area (Å²) in [6, 6.07) is 15.1. The molecule has 5 nitrogen and oxygen atoms in total. The summed E-state index contributed by atoms with van der Waals surface area (Å²) >= 11 is 0. The fourth-order valence-corrected chi connectivity index (χ4v) is 3.48. The highest BCUT2D eigenvalue weighted by Gasteiger charge is 2.30. The lowest BCUT2D eigenvalue weighted by atomic mass is 9.81. The Labute approximate surface area is 160 Å². The quantitative estimate of drug-likeness (QED) is 0.825. The second-order valence-electron chi connectivity index (χ2n) is 7.07. The molecule has 1 saturated carbocycles. The van der Waals surface area contributed by atoms with Crippen LogP contribution in [0.4, 0.5) is 11.4 Å². The number of amides is 2. The monoisotopic (exact) mass is 366 g/mol. The highest BCUT2D eigenvalue weighted by Crippen LogP contribution is 2.31. The zero-order chi connectivity index (χ0) is 19.2. The van der Waals surface area contributed by atoms with Crippen LogP contribution in [0.15, 0.2) is 48.5 Å². The maximum absolute atomic E-state index is 12.5. The molecule has 0 atom stereocenters. The Kier molecular flexibility index (Phi) is 6.12. The van der Waals surface area contributed by atoms with E-state index in [4.69, 9.17) is 4.74 Å². The predicted octanol–water partition coefficient (Wildman–Crippen LogP) is 4.39. The van der Waals surface area contributed by atoms with Gasteiger partial charge in [-0.3, -0.25) is 9.59 Å². The first-order chi connectivity index (χ1) is 13.1. The van der Waals surface area contributed by atoms with Gasteiger partial charge in [0.1, 0.15) is 5.75 Å². The maximum atomic E-state index is 12.5. The zero-order valence-corrected chi connectivity index (χ0v) is 15.8. The van der Waals surface area contributed by atoms with E-state index in [1.807, 2.05) is 55.5 Å². The van der Waals surface area contributed by atoms with E-state index in [2.05, 4.69) is 10.6 Å². The first kappa shape index (κ1) is 19.0. The van der Waals surface area contributed by atoms with Crippen molar-refractivity contribution in [3.8, 4) is 5.75 Å². The van der Waals surface area contributed by atoms with Crippen LogP contribution in [-0.2, 0) is 9.59 Å². The van der Waals surface area contributed by atoms with Gasteiger partial charge in [0.05, 0.1) is 7.11 Å². The van der Waals surface area contributed by atoms with Crippen LogP contribution in [0.2, 0.25) is 0 Å². The van der Waals surface area contributed by atoms with Gasteiger partial charge in [0.15, 0.2) is 0 Å². The molecule has 0 saturated heterocycles. The highest BCUT2D eigenvalue weighted by atomic mass is 16.5. The third-order valence-corrected chi connectivity index (χ3v) is 5.23. The lowest BCUT2D eigenvalue weighted by molar-refractivity contribution is -0.125. The summed E-state index contributed by atoms with van der Waals surface area (Å²) in [5, 5.41) is 5.98. The lowest BCUT2D eigenvalue weighted by Crippen LogP contribution is -2.32. The van der Waals surface area contributed by atoms with Gasteiger partial charge in [-0.05, 0) is 68.5 Å². The van der Waals surface area contributed by atoms with Crippen molar-refractivity contribution in [3.63, 3.8) is 0 Å². The first-order valence-corrected chi connectivity index (χ1v) is 9.38. The molecule has 0 aliphatic heterocycles. The number of aryl methyl sites for hydroxylation is 1.